The van der Waals surface area contributed by atoms with Crippen LogP contribution in [0.2, 0.25) is 0 Å². The van der Waals surface area contributed by atoms with E-state index in [4.69, 9.17) is 5.11 Å². The van der Waals surface area contributed by atoms with Crippen molar-refractivity contribution < 1.29 is 10.2 Å². The fourth-order valence-corrected chi connectivity index (χ4v) is 1.70. The Morgan fingerprint density at radius 3 is 2.07 bits per heavy atom. The number of nitrogens with one attached hydrogen (secondary N) is 1. The second-order valence-electron chi connectivity index (χ2n) is 5.13. The van der Waals surface area contributed by atoms with Crippen LogP contribution in [-0.4, -0.2) is 36.0 Å². The van der Waals surface area contributed by atoms with Gasteiger partial charge in [0, 0.05) is 6.54 Å². The third-order valence-electron chi connectivity index (χ3n) is 2.71. The summed E-state index contributed by atoms with van der Waals surface area (Å²) in [6.07, 6.45) is 0.580. The molecule has 0 aromatic heterocycles. The van der Waals surface area contributed by atoms with Crippen LogP contribution >= 0.6 is 0 Å². The van der Waals surface area contributed by atoms with E-state index in [9.17, 15) is 5.11 Å². The van der Waals surface area contributed by atoms with Gasteiger partial charge in [0.2, 0.25) is 0 Å². The fraction of sp³-hybridized carbons (Fsp3) is 1.00. The van der Waals surface area contributed by atoms with Gasteiger partial charge in [0.25, 0.3) is 0 Å². The zero-order chi connectivity index (χ0) is 11.8. The fourth-order valence-electron chi connectivity index (χ4n) is 1.70. The predicted octanol–water partition coefficient (Wildman–Crippen LogP) is 1.25. The second kappa shape index (κ2) is 8.08. The first-order valence-electron chi connectivity index (χ1n) is 5.97. The highest BCUT2D eigenvalue weighted by Gasteiger charge is 2.15. The van der Waals surface area contributed by atoms with Gasteiger partial charge >= 0.3 is 0 Å². The number of rotatable bonds is 8. The third-order valence-corrected chi connectivity index (χ3v) is 2.71. The van der Waals surface area contributed by atoms with E-state index in [-0.39, 0.29) is 6.61 Å². The molecule has 0 aliphatic heterocycles. The van der Waals surface area contributed by atoms with Crippen LogP contribution in [-0.2, 0) is 0 Å². The number of hydrogen-bond acceptors (Lipinski definition) is 3. The first kappa shape index (κ1) is 14.9. The summed E-state index contributed by atoms with van der Waals surface area (Å²) in [7, 11) is 0. The van der Waals surface area contributed by atoms with Gasteiger partial charge in [-0.25, -0.2) is 0 Å². The molecule has 2 unspecified atom stereocenters. The molecule has 0 amide bonds. The summed E-state index contributed by atoms with van der Waals surface area (Å²) in [4.78, 5) is 0. The predicted molar refractivity (Wildman–Crippen MR) is 63.7 cm³/mol. The maximum absolute atomic E-state index is 9.18. The van der Waals surface area contributed by atoms with Crippen LogP contribution in [0.5, 0.6) is 0 Å². The average Bonchev–Trinajstić information content (AvgIpc) is 2.15. The lowest BCUT2D eigenvalue weighted by Gasteiger charge is -2.23. The lowest BCUT2D eigenvalue weighted by Crippen LogP contribution is -2.34. The van der Waals surface area contributed by atoms with Gasteiger partial charge in [-0.15, -0.1) is 0 Å². The van der Waals surface area contributed by atoms with Crippen LogP contribution in [0.15, 0.2) is 0 Å². The van der Waals surface area contributed by atoms with Gasteiger partial charge in [-0.3, -0.25) is 0 Å². The number of aliphatic hydroxyl groups is 2. The van der Waals surface area contributed by atoms with E-state index in [1.807, 2.05) is 0 Å². The first-order chi connectivity index (χ1) is 6.97. The van der Waals surface area contributed by atoms with Crippen molar-refractivity contribution in [3.8, 4) is 0 Å². The van der Waals surface area contributed by atoms with Crippen molar-refractivity contribution in [2.75, 3.05) is 19.7 Å². The lowest BCUT2D eigenvalue weighted by atomic mass is 9.87. The van der Waals surface area contributed by atoms with Crippen molar-refractivity contribution in [1.82, 2.24) is 5.32 Å². The molecule has 0 heterocycles. The normalized spacial score (nSPS) is 16.0. The van der Waals surface area contributed by atoms with Gasteiger partial charge in [-0.05, 0) is 30.7 Å². The maximum Gasteiger partial charge on any atom is 0.0894 e. The molecule has 0 spiro atoms. The molecule has 92 valence electrons. The van der Waals surface area contributed by atoms with Crippen LogP contribution in [0.4, 0.5) is 0 Å². The molecule has 2 atom stereocenters. The summed E-state index contributed by atoms with van der Waals surface area (Å²) in [5.74, 6) is 2.02. The zero-order valence-corrected chi connectivity index (χ0v) is 10.5. The minimum atomic E-state index is -0.628. The highest BCUT2D eigenvalue weighted by atomic mass is 16.3. The Morgan fingerprint density at radius 2 is 1.67 bits per heavy atom. The molecule has 3 heteroatoms. The summed E-state index contributed by atoms with van der Waals surface area (Å²) >= 11 is 0. The van der Waals surface area contributed by atoms with Crippen molar-refractivity contribution in [3.63, 3.8) is 0 Å². The van der Waals surface area contributed by atoms with Crippen LogP contribution < -0.4 is 5.32 Å². The molecule has 0 saturated heterocycles. The molecule has 0 radical (unpaired) electrons. The molecule has 0 rings (SSSR count). The van der Waals surface area contributed by atoms with Crippen molar-refractivity contribution in [2.45, 2.75) is 40.2 Å². The van der Waals surface area contributed by atoms with Crippen molar-refractivity contribution >= 4 is 0 Å². The molecule has 0 aliphatic carbocycles. The topological polar surface area (TPSA) is 52.5 Å². The largest absolute Gasteiger partial charge is 0.394 e. The Bertz CT molecular complexity index is 149. The summed E-state index contributed by atoms with van der Waals surface area (Å²) in [5.41, 5.74) is 0. The molecule has 3 nitrogen and oxygen atoms in total. The Balaban J connectivity index is 3.76. The smallest absolute Gasteiger partial charge is 0.0894 e. The number of aliphatic hydroxyl groups excluding tert-OH is 2. The van der Waals surface area contributed by atoms with E-state index in [0.717, 1.165) is 6.54 Å². The first-order valence-corrected chi connectivity index (χ1v) is 5.97. The van der Waals surface area contributed by atoms with Gasteiger partial charge in [0.1, 0.15) is 0 Å². The molecular formula is C12H27NO2. The van der Waals surface area contributed by atoms with E-state index < -0.39 is 6.10 Å². The Morgan fingerprint density at radius 1 is 1.07 bits per heavy atom. The minimum absolute atomic E-state index is 0.163. The molecule has 0 aliphatic rings. The highest BCUT2D eigenvalue weighted by molar-refractivity contribution is 4.69. The Kier molecular flexibility index (Phi) is 8.02. The maximum atomic E-state index is 9.18. The molecule has 0 aromatic rings. The van der Waals surface area contributed by atoms with Gasteiger partial charge in [-0.1, -0.05) is 27.7 Å². The van der Waals surface area contributed by atoms with Gasteiger partial charge in [-0.2, -0.15) is 0 Å². The van der Waals surface area contributed by atoms with Crippen molar-refractivity contribution in [3.05, 3.63) is 0 Å². The quantitative estimate of drug-likeness (QED) is 0.573. The highest BCUT2D eigenvalue weighted by Crippen LogP contribution is 2.19. The lowest BCUT2D eigenvalue weighted by molar-refractivity contribution is 0.0925. The molecule has 3 N–H and O–H groups in total. The summed E-state index contributed by atoms with van der Waals surface area (Å²) in [5, 5.41) is 21.1. The van der Waals surface area contributed by atoms with Gasteiger partial charge < -0.3 is 15.5 Å². The molecule has 0 bridgehead atoms. The Labute approximate surface area is 93.9 Å². The van der Waals surface area contributed by atoms with Crippen LogP contribution in [0.3, 0.4) is 0 Å². The summed E-state index contributed by atoms with van der Waals surface area (Å²) < 4.78 is 0. The van der Waals surface area contributed by atoms with Crippen LogP contribution in [0.25, 0.3) is 0 Å². The van der Waals surface area contributed by atoms with Gasteiger partial charge in [0.05, 0.1) is 12.7 Å². The van der Waals surface area contributed by atoms with Gasteiger partial charge in [0.15, 0.2) is 0 Å². The second-order valence-corrected chi connectivity index (χ2v) is 5.13. The summed E-state index contributed by atoms with van der Waals surface area (Å²) in [6, 6.07) is 0. The standard InChI is InChI=1S/C12H27NO2/c1-9(2)5-11(10(3)4)6-13-7-12(15)8-14/h9-15H,5-8H2,1-4H3. The third kappa shape index (κ3) is 7.77. The van der Waals surface area contributed by atoms with E-state index in [1.54, 1.807) is 0 Å². The van der Waals surface area contributed by atoms with E-state index >= 15 is 0 Å². The molecule has 0 aromatic carbocycles. The summed E-state index contributed by atoms with van der Waals surface area (Å²) in [6.45, 7) is 10.2. The molecule has 15 heavy (non-hydrogen) atoms. The monoisotopic (exact) mass is 217 g/mol. The zero-order valence-electron chi connectivity index (χ0n) is 10.5. The van der Waals surface area contributed by atoms with E-state index in [2.05, 4.69) is 33.0 Å². The van der Waals surface area contributed by atoms with E-state index in [1.165, 1.54) is 6.42 Å². The average molecular weight is 217 g/mol. The number of hydrogen-bond donors (Lipinski definition) is 3. The van der Waals surface area contributed by atoms with E-state index in [0.29, 0.717) is 24.3 Å². The SMILES string of the molecule is CC(C)CC(CNCC(O)CO)C(C)C. The van der Waals surface area contributed by atoms with Crippen molar-refractivity contribution in [1.29, 1.82) is 0 Å². The van der Waals surface area contributed by atoms with Crippen LogP contribution in [0, 0.1) is 17.8 Å². The Hall–Kier alpha value is -0.120. The van der Waals surface area contributed by atoms with Crippen molar-refractivity contribution in [2.24, 2.45) is 17.8 Å². The molecular weight excluding hydrogens is 190 g/mol. The molecule has 0 fully saturated rings. The van der Waals surface area contributed by atoms with Crippen LogP contribution in [0.1, 0.15) is 34.1 Å². The minimum Gasteiger partial charge on any atom is -0.394 e. The molecule has 0 saturated carbocycles.